The maximum absolute atomic E-state index is 13.3. The SMILES string of the molecule is Nc1cc(-c2cc(Cl)c(F)cc2F)on1. The van der Waals surface area contributed by atoms with Crippen molar-refractivity contribution in [2.75, 3.05) is 5.73 Å². The predicted octanol–water partition coefficient (Wildman–Crippen LogP) is 2.86. The lowest BCUT2D eigenvalue weighted by atomic mass is 10.1. The molecule has 6 heteroatoms. The van der Waals surface area contributed by atoms with E-state index in [9.17, 15) is 8.78 Å². The summed E-state index contributed by atoms with van der Waals surface area (Å²) < 4.78 is 30.9. The molecule has 15 heavy (non-hydrogen) atoms. The number of halogens is 3. The summed E-state index contributed by atoms with van der Waals surface area (Å²) in [5, 5.41) is 3.19. The first-order valence-corrected chi connectivity index (χ1v) is 4.33. The summed E-state index contributed by atoms with van der Waals surface area (Å²) in [4.78, 5) is 0. The summed E-state index contributed by atoms with van der Waals surface area (Å²) in [6.45, 7) is 0. The van der Waals surface area contributed by atoms with Crippen molar-refractivity contribution in [3.63, 3.8) is 0 Å². The second kappa shape index (κ2) is 3.51. The van der Waals surface area contributed by atoms with Gasteiger partial charge in [-0.15, -0.1) is 0 Å². The normalized spacial score (nSPS) is 10.6. The summed E-state index contributed by atoms with van der Waals surface area (Å²) in [6.07, 6.45) is 0. The minimum atomic E-state index is -0.828. The molecule has 0 bridgehead atoms. The number of aromatic nitrogens is 1. The van der Waals surface area contributed by atoms with Gasteiger partial charge in [-0.2, -0.15) is 0 Å². The molecule has 1 aromatic carbocycles. The standard InChI is InChI=1S/C9H5ClF2N2O/c10-5-1-4(6(11)2-7(5)12)8-3-9(13)14-15-8/h1-3H,(H2,13,14). The van der Waals surface area contributed by atoms with Crippen molar-refractivity contribution < 1.29 is 13.3 Å². The third-order valence-electron chi connectivity index (χ3n) is 1.80. The summed E-state index contributed by atoms with van der Waals surface area (Å²) in [5.41, 5.74) is 5.32. The molecule has 2 rings (SSSR count). The summed E-state index contributed by atoms with van der Waals surface area (Å²) in [7, 11) is 0. The van der Waals surface area contributed by atoms with E-state index in [0.717, 1.165) is 6.07 Å². The lowest BCUT2D eigenvalue weighted by molar-refractivity contribution is 0.433. The highest BCUT2D eigenvalue weighted by molar-refractivity contribution is 6.31. The third-order valence-corrected chi connectivity index (χ3v) is 2.09. The average molecular weight is 231 g/mol. The Bertz CT molecular complexity index is 513. The van der Waals surface area contributed by atoms with Gasteiger partial charge in [0.1, 0.15) is 11.6 Å². The van der Waals surface area contributed by atoms with E-state index in [1.54, 1.807) is 0 Å². The Morgan fingerprint density at radius 3 is 2.53 bits per heavy atom. The van der Waals surface area contributed by atoms with Crippen LogP contribution in [0.15, 0.2) is 22.7 Å². The number of hydrogen-bond donors (Lipinski definition) is 1. The number of anilines is 1. The number of benzene rings is 1. The van der Waals surface area contributed by atoms with Crippen LogP contribution in [0.25, 0.3) is 11.3 Å². The Morgan fingerprint density at radius 2 is 1.93 bits per heavy atom. The van der Waals surface area contributed by atoms with Crippen LogP contribution in [0.5, 0.6) is 0 Å². The van der Waals surface area contributed by atoms with Gasteiger partial charge in [0, 0.05) is 12.1 Å². The van der Waals surface area contributed by atoms with E-state index in [2.05, 4.69) is 5.16 Å². The van der Waals surface area contributed by atoms with Crippen LogP contribution >= 0.6 is 11.6 Å². The van der Waals surface area contributed by atoms with Crippen LogP contribution < -0.4 is 5.73 Å². The molecule has 0 aliphatic heterocycles. The van der Waals surface area contributed by atoms with Crippen molar-refractivity contribution >= 4 is 17.4 Å². The van der Waals surface area contributed by atoms with Crippen molar-refractivity contribution in [3.8, 4) is 11.3 Å². The molecule has 0 aliphatic rings. The number of rotatable bonds is 1. The fraction of sp³-hybridized carbons (Fsp3) is 0. The van der Waals surface area contributed by atoms with Gasteiger partial charge in [-0.1, -0.05) is 16.8 Å². The molecular weight excluding hydrogens is 226 g/mol. The molecule has 0 saturated heterocycles. The van der Waals surface area contributed by atoms with E-state index < -0.39 is 11.6 Å². The second-order valence-corrected chi connectivity index (χ2v) is 3.27. The molecule has 0 spiro atoms. The molecule has 78 valence electrons. The lowest BCUT2D eigenvalue weighted by Gasteiger charge is -2.00. The fourth-order valence-corrected chi connectivity index (χ4v) is 1.29. The van der Waals surface area contributed by atoms with Gasteiger partial charge in [0.25, 0.3) is 0 Å². The first-order valence-electron chi connectivity index (χ1n) is 3.95. The largest absolute Gasteiger partial charge is 0.381 e. The fourth-order valence-electron chi connectivity index (χ4n) is 1.13. The lowest BCUT2D eigenvalue weighted by Crippen LogP contribution is -1.86. The minimum Gasteiger partial charge on any atom is -0.381 e. The molecule has 2 N–H and O–H groups in total. The Balaban J connectivity index is 2.58. The highest BCUT2D eigenvalue weighted by Gasteiger charge is 2.13. The summed E-state index contributed by atoms with van der Waals surface area (Å²) >= 11 is 5.51. The van der Waals surface area contributed by atoms with Gasteiger partial charge in [0.05, 0.1) is 10.6 Å². The van der Waals surface area contributed by atoms with Gasteiger partial charge in [-0.05, 0) is 6.07 Å². The molecule has 0 radical (unpaired) electrons. The highest BCUT2D eigenvalue weighted by Crippen LogP contribution is 2.28. The smallest absolute Gasteiger partial charge is 0.172 e. The molecule has 1 heterocycles. The molecule has 0 fully saturated rings. The van der Waals surface area contributed by atoms with Crippen molar-refractivity contribution in [1.82, 2.24) is 5.16 Å². The van der Waals surface area contributed by atoms with E-state index in [1.807, 2.05) is 0 Å². The van der Waals surface area contributed by atoms with E-state index in [-0.39, 0.29) is 22.2 Å². The second-order valence-electron chi connectivity index (χ2n) is 2.86. The van der Waals surface area contributed by atoms with Crippen LogP contribution in [0.3, 0.4) is 0 Å². The van der Waals surface area contributed by atoms with Gasteiger partial charge < -0.3 is 10.3 Å². The number of nitrogens with zero attached hydrogens (tertiary/aromatic N) is 1. The Labute approximate surface area is 88.4 Å². The zero-order valence-electron chi connectivity index (χ0n) is 7.30. The number of hydrogen-bond acceptors (Lipinski definition) is 3. The molecule has 0 aliphatic carbocycles. The van der Waals surface area contributed by atoms with Gasteiger partial charge in [-0.3, -0.25) is 0 Å². The molecule has 2 aromatic rings. The van der Waals surface area contributed by atoms with Crippen molar-refractivity contribution in [2.24, 2.45) is 0 Å². The zero-order chi connectivity index (χ0) is 11.0. The quantitative estimate of drug-likeness (QED) is 0.767. The van der Waals surface area contributed by atoms with Crippen LogP contribution in [0.1, 0.15) is 0 Å². The predicted molar refractivity (Wildman–Crippen MR) is 51.3 cm³/mol. The van der Waals surface area contributed by atoms with E-state index in [1.165, 1.54) is 6.07 Å². The number of nitrogens with two attached hydrogens (primary N) is 1. The van der Waals surface area contributed by atoms with Gasteiger partial charge in [-0.25, -0.2) is 8.78 Å². The van der Waals surface area contributed by atoms with Crippen molar-refractivity contribution in [1.29, 1.82) is 0 Å². The van der Waals surface area contributed by atoms with Gasteiger partial charge >= 0.3 is 0 Å². The van der Waals surface area contributed by atoms with Crippen LogP contribution in [0, 0.1) is 11.6 Å². The molecule has 0 saturated carbocycles. The summed E-state index contributed by atoms with van der Waals surface area (Å²) in [6, 6.07) is 3.12. The first kappa shape index (κ1) is 9.92. The Morgan fingerprint density at radius 1 is 1.20 bits per heavy atom. The van der Waals surface area contributed by atoms with Crippen LogP contribution in [0.2, 0.25) is 5.02 Å². The van der Waals surface area contributed by atoms with Crippen molar-refractivity contribution in [3.05, 3.63) is 34.9 Å². The van der Waals surface area contributed by atoms with E-state index >= 15 is 0 Å². The molecular formula is C9H5ClF2N2O. The monoisotopic (exact) mass is 230 g/mol. The maximum Gasteiger partial charge on any atom is 0.172 e. The Kier molecular flexibility index (Phi) is 2.32. The molecule has 3 nitrogen and oxygen atoms in total. The molecule has 1 aromatic heterocycles. The molecule has 0 unspecified atom stereocenters. The average Bonchev–Trinajstić information content (AvgIpc) is 2.58. The maximum atomic E-state index is 13.3. The van der Waals surface area contributed by atoms with Crippen LogP contribution in [-0.4, -0.2) is 5.16 Å². The topological polar surface area (TPSA) is 52.0 Å². The molecule has 0 atom stereocenters. The van der Waals surface area contributed by atoms with E-state index in [0.29, 0.717) is 6.07 Å². The first-order chi connectivity index (χ1) is 7.08. The van der Waals surface area contributed by atoms with Gasteiger partial charge in [0.2, 0.25) is 0 Å². The van der Waals surface area contributed by atoms with Crippen LogP contribution in [0.4, 0.5) is 14.6 Å². The highest BCUT2D eigenvalue weighted by atomic mass is 35.5. The number of nitrogen functional groups attached to an aromatic ring is 1. The molecule has 0 amide bonds. The minimum absolute atomic E-state index is 0.0191. The zero-order valence-corrected chi connectivity index (χ0v) is 8.05. The third kappa shape index (κ3) is 1.78. The van der Waals surface area contributed by atoms with E-state index in [4.69, 9.17) is 21.9 Å². The van der Waals surface area contributed by atoms with Crippen LogP contribution in [-0.2, 0) is 0 Å². The Hall–Kier alpha value is -1.62. The van der Waals surface area contributed by atoms with Crippen molar-refractivity contribution in [2.45, 2.75) is 0 Å². The van der Waals surface area contributed by atoms with Gasteiger partial charge in [0.15, 0.2) is 11.6 Å². The summed E-state index contributed by atoms with van der Waals surface area (Å²) in [5.74, 6) is -1.39.